The Morgan fingerprint density at radius 1 is 1.07 bits per heavy atom. The molecule has 4 rings (SSSR count). The zero-order chi connectivity index (χ0) is 21.1. The summed E-state index contributed by atoms with van der Waals surface area (Å²) in [7, 11) is 0. The molecule has 4 aromatic rings. The predicted octanol–water partition coefficient (Wildman–Crippen LogP) is 3.21. The molecule has 0 radical (unpaired) electrons. The number of anilines is 1. The van der Waals surface area contributed by atoms with Crippen molar-refractivity contribution in [2.24, 2.45) is 0 Å². The van der Waals surface area contributed by atoms with Gasteiger partial charge < -0.3 is 10.4 Å². The first kappa shape index (κ1) is 19.7. The van der Waals surface area contributed by atoms with E-state index in [0.29, 0.717) is 29.3 Å². The highest BCUT2D eigenvalue weighted by molar-refractivity contribution is 5.80. The van der Waals surface area contributed by atoms with Gasteiger partial charge in [-0.15, -0.1) is 0 Å². The number of nitrogens with zero attached hydrogens (tertiary/aromatic N) is 4. The molecule has 0 saturated carbocycles. The SMILES string of the molecule is Cc1nc(NCc2ccc(CO)cc2)cc([C@@H](C)n2ncc3ccccc3c2=O)n1. The van der Waals surface area contributed by atoms with E-state index in [0.717, 1.165) is 16.5 Å². The topological polar surface area (TPSA) is 92.9 Å². The van der Waals surface area contributed by atoms with Crippen LogP contribution in [0.5, 0.6) is 0 Å². The van der Waals surface area contributed by atoms with Crippen molar-refractivity contribution in [2.75, 3.05) is 5.32 Å². The maximum absolute atomic E-state index is 12.9. The van der Waals surface area contributed by atoms with Crippen LogP contribution >= 0.6 is 0 Å². The zero-order valence-electron chi connectivity index (χ0n) is 16.9. The summed E-state index contributed by atoms with van der Waals surface area (Å²) in [6, 6.07) is 16.7. The molecular weight excluding hydrogens is 378 g/mol. The number of benzene rings is 2. The molecule has 0 aliphatic carbocycles. The lowest BCUT2D eigenvalue weighted by molar-refractivity contribution is 0.282. The standard InChI is InChI=1S/C23H23N5O2/c1-15(28-23(30)20-6-4-3-5-19(20)13-25-28)21-11-22(27-16(2)26-21)24-12-17-7-9-18(14-29)10-8-17/h3-11,13,15,29H,12,14H2,1-2H3,(H,24,26,27)/t15-/m1/s1. The molecule has 2 aromatic heterocycles. The minimum atomic E-state index is -0.340. The molecule has 2 aromatic carbocycles. The van der Waals surface area contributed by atoms with Crippen LogP contribution in [-0.4, -0.2) is 24.9 Å². The van der Waals surface area contributed by atoms with E-state index in [4.69, 9.17) is 5.11 Å². The van der Waals surface area contributed by atoms with Gasteiger partial charge in [0.15, 0.2) is 0 Å². The van der Waals surface area contributed by atoms with E-state index in [1.54, 1.807) is 6.20 Å². The van der Waals surface area contributed by atoms with Crippen molar-refractivity contribution >= 4 is 16.6 Å². The van der Waals surface area contributed by atoms with E-state index in [1.807, 2.05) is 68.4 Å². The molecule has 0 fully saturated rings. The van der Waals surface area contributed by atoms with E-state index in [2.05, 4.69) is 20.4 Å². The van der Waals surface area contributed by atoms with Gasteiger partial charge in [-0.2, -0.15) is 5.10 Å². The molecule has 0 bridgehead atoms. The number of rotatable bonds is 6. The molecule has 0 aliphatic rings. The summed E-state index contributed by atoms with van der Waals surface area (Å²) in [4.78, 5) is 21.9. The van der Waals surface area contributed by atoms with E-state index in [9.17, 15) is 4.79 Å². The van der Waals surface area contributed by atoms with E-state index in [1.165, 1.54) is 4.68 Å². The number of aliphatic hydroxyl groups is 1. The molecule has 0 aliphatic heterocycles. The Kier molecular flexibility index (Phi) is 5.54. The lowest BCUT2D eigenvalue weighted by Gasteiger charge is -2.16. The Balaban J connectivity index is 1.59. The van der Waals surface area contributed by atoms with Crippen molar-refractivity contribution in [2.45, 2.75) is 33.0 Å². The van der Waals surface area contributed by atoms with Crippen LogP contribution in [0, 0.1) is 6.92 Å². The minimum Gasteiger partial charge on any atom is -0.392 e. The maximum Gasteiger partial charge on any atom is 0.275 e. The van der Waals surface area contributed by atoms with Crippen LogP contribution in [0.15, 0.2) is 65.6 Å². The molecule has 1 atom stereocenters. The Bertz CT molecular complexity index is 1230. The molecule has 0 amide bonds. The largest absolute Gasteiger partial charge is 0.392 e. The molecular formula is C23H23N5O2. The first-order valence-electron chi connectivity index (χ1n) is 9.80. The van der Waals surface area contributed by atoms with Crippen LogP contribution in [0.3, 0.4) is 0 Å². The number of nitrogens with one attached hydrogen (secondary N) is 1. The molecule has 2 heterocycles. The lowest BCUT2D eigenvalue weighted by atomic mass is 10.1. The van der Waals surface area contributed by atoms with Crippen molar-refractivity contribution in [1.82, 2.24) is 19.7 Å². The van der Waals surface area contributed by atoms with Crippen molar-refractivity contribution in [3.63, 3.8) is 0 Å². The highest BCUT2D eigenvalue weighted by Crippen LogP contribution is 2.18. The van der Waals surface area contributed by atoms with Gasteiger partial charge in [0.1, 0.15) is 11.6 Å². The highest BCUT2D eigenvalue weighted by atomic mass is 16.3. The fourth-order valence-electron chi connectivity index (χ4n) is 3.36. The molecule has 0 saturated heterocycles. The molecule has 30 heavy (non-hydrogen) atoms. The molecule has 7 nitrogen and oxygen atoms in total. The third-order valence-electron chi connectivity index (χ3n) is 5.05. The van der Waals surface area contributed by atoms with Crippen LogP contribution < -0.4 is 10.9 Å². The average molecular weight is 401 g/mol. The Morgan fingerprint density at radius 3 is 2.57 bits per heavy atom. The van der Waals surface area contributed by atoms with Gasteiger partial charge in [-0.3, -0.25) is 4.79 Å². The van der Waals surface area contributed by atoms with E-state index in [-0.39, 0.29) is 18.2 Å². The van der Waals surface area contributed by atoms with Gasteiger partial charge in [-0.05, 0) is 31.0 Å². The third-order valence-corrected chi connectivity index (χ3v) is 5.05. The van der Waals surface area contributed by atoms with Crippen LogP contribution in [-0.2, 0) is 13.2 Å². The number of aryl methyl sites for hydroxylation is 1. The Labute approximate surface area is 174 Å². The molecule has 2 N–H and O–H groups in total. The van der Waals surface area contributed by atoms with E-state index >= 15 is 0 Å². The van der Waals surface area contributed by atoms with Crippen molar-refractivity contribution < 1.29 is 5.11 Å². The van der Waals surface area contributed by atoms with E-state index < -0.39 is 0 Å². The normalized spacial score (nSPS) is 12.1. The van der Waals surface area contributed by atoms with Gasteiger partial charge >= 0.3 is 0 Å². The van der Waals surface area contributed by atoms with Crippen molar-refractivity contribution in [1.29, 1.82) is 0 Å². The average Bonchev–Trinajstić information content (AvgIpc) is 2.78. The van der Waals surface area contributed by atoms with Gasteiger partial charge in [0, 0.05) is 18.0 Å². The summed E-state index contributed by atoms with van der Waals surface area (Å²) >= 11 is 0. The van der Waals surface area contributed by atoms with Crippen LogP contribution in [0.25, 0.3) is 10.8 Å². The van der Waals surface area contributed by atoms with Crippen molar-refractivity contribution in [3.8, 4) is 0 Å². The maximum atomic E-state index is 12.9. The summed E-state index contributed by atoms with van der Waals surface area (Å²) in [5.41, 5.74) is 2.52. The second-order valence-corrected chi connectivity index (χ2v) is 7.21. The predicted molar refractivity (Wildman–Crippen MR) is 116 cm³/mol. The van der Waals surface area contributed by atoms with Crippen LogP contribution in [0.2, 0.25) is 0 Å². The summed E-state index contributed by atoms with van der Waals surface area (Å²) < 4.78 is 1.46. The smallest absolute Gasteiger partial charge is 0.275 e. The number of hydrogen-bond donors (Lipinski definition) is 2. The fourth-order valence-corrected chi connectivity index (χ4v) is 3.36. The summed E-state index contributed by atoms with van der Waals surface area (Å²) in [6.45, 7) is 4.35. The van der Waals surface area contributed by atoms with Crippen molar-refractivity contribution in [3.05, 3.63) is 93.8 Å². The Hall–Kier alpha value is -3.58. The van der Waals surface area contributed by atoms with Gasteiger partial charge in [0.2, 0.25) is 0 Å². The summed E-state index contributed by atoms with van der Waals surface area (Å²) in [5, 5.41) is 18.3. The fraction of sp³-hybridized carbons (Fsp3) is 0.217. The summed E-state index contributed by atoms with van der Waals surface area (Å²) in [6.07, 6.45) is 1.70. The Morgan fingerprint density at radius 2 is 1.80 bits per heavy atom. The first-order valence-corrected chi connectivity index (χ1v) is 9.80. The summed E-state index contributed by atoms with van der Waals surface area (Å²) in [5.74, 6) is 1.30. The van der Waals surface area contributed by atoms with Gasteiger partial charge in [0.05, 0.1) is 29.9 Å². The molecule has 152 valence electrons. The number of hydrogen-bond acceptors (Lipinski definition) is 6. The van der Waals surface area contributed by atoms with Gasteiger partial charge in [-0.25, -0.2) is 14.6 Å². The monoisotopic (exact) mass is 401 g/mol. The highest BCUT2D eigenvalue weighted by Gasteiger charge is 2.16. The molecule has 0 unspecified atom stereocenters. The lowest BCUT2D eigenvalue weighted by Crippen LogP contribution is -2.27. The zero-order valence-corrected chi connectivity index (χ0v) is 16.9. The van der Waals surface area contributed by atoms with Gasteiger partial charge in [-0.1, -0.05) is 42.5 Å². The van der Waals surface area contributed by atoms with Crippen LogP contribution in [0.1, 0.15) is 35.6 Å². The van der Waals surface area contributed by atoms with Crippen LogP contribution in [0.4, 0.5) is 5.82 Å². The minimum absolute atomic E-state index is 0.0300. The third kappa shape index (κ3) is 4.06. The number of aliphatic hydroxyl groups excluding tert-OH is 1. The number of fused-ring (bicyclic) bond motifs is 1. The second-order valence-electron chi connectivity index (χ2n) is 7.21. The molecule has 7 heteroatoms. The second kappa shape index (κ2) is 8.42. The first-order chi connectivity index (χ1) is 14.5. The molecule has 0 spiro atoms. The quantitative estimate of drug-likeness (QED) is 0.515. The van der Waals surface area contributed by atoms with Gasteiger partial charge in [0.25, 0.3) is 5.56 Å². The number of aromatic nitrogens is 4.